The Labute approximate surface area is 118 Å². The lowest BCUT2D eigenvalue weighted by Crippen LogP contribution is -2.47. The van der Waals surface area contributed by atoms with E-state index in [4.69, 9.17) is 5.11 Å². The van der Waals surface area contributed by atoms with Gasteiger partial charge in [-0.05, 0) is 19.4 Å². The van der Waals surface area contributed by atoms with Crippen LogP contribution in [0.1, 0.15) is 39.0 Å². The zero-order chi connectivity index (χ0) is 15.0. The van der Waals surface area contributed by atoms with Crippen molar-refractivity contribution in [1.29, 1.82) is 0 Å². The average Bonchev–Trinajstić information content (AvgIpc) is 2.86. The molecule has 0 aliphatic heterocycles. The number of amides is 3. The number of carboxylic acid groups (broad SMARTS) is 1. The predicted octanol–water partition coefficient (Wildman–Crippen LogP) is 0.551. The number of imide groups is 1. The zero-order valence-corrected chi connectivity index (χ0v) is 11.9. The second-order valence-corrected chi connectivity index (χ2v) is 5.02. The molecule has 0 heterocycles. The number of urea groups is 1. The monoisotopic (exact) mass is 285 g/mol. The number of carbonyl (C=O) groups excluding carboxylic acids is 2. The molecule has 0 aromatic carbocycles. The van der Waals surface area contributed by atoms with Gasteiger partial charge >= 0.3 is 12.0 Å². The van der Waals surface area contributed by atoms with E-state index in [1.807, 2.05) is 6.92 Å². The van der Waals surface area contributed by atoms with Crippen LogP contribution in [0.4, 0.5) is 4.79 Å². The smallest absolute Gasteiger partial charge is 0.321 e. The molecule has 0 radical (unpaired) electrons. The molecule has 1 rings (SSSR count). The van der Waals surface area contributed by atoms with Gasteiger partial charge < -0.3 is 10.4 Å². The summed E-state index contributed by atoms with van der Waals surface area (Å²) in [7, 11) is 0. The first-order valence-corrected chi connectivity index (χ1v) is 7.05. The Morgan fingerprint density at radius 3 is 2.45 bits per heavy atom. The topological polar surface area (TPSA) is 98.7 Å². The standard InChI is InChI=1S/C13H23N3O4/c1-2-16(8-7-12(18)19)9-11(17)15-13(20)14-10-5-3-4-6-10/h10H,2-9H2,1H3,(H,18,19)(H2,14,15,17,20). The molecule has 1 aliphatic rings. The zero-order valence-electron chi connectivity index (χ0n) is 11.9. The van der Waals surface area contributed by atoms with Crippen molar-refractivity contribution < 1.29 is 19.5 Å². The second-order valence-electron chi connectivity index (χ2n) is 5.02. The van der Waals surface area contributed by atoms with E-state index in [1.54, 1.807) is 4.90 Å². The highest BCUT2D eigenvalue weighted by Gasteiger charge is 2.19. The van der Waals surface area contributed by atoms with Crippen LogP contribution < -0.4 is 10.6 Å². The maximum Gasteiger partial charge on any atom is 0.321 e. The van der Waals surface area contributed by atoms with Gasteiger partial charge in [-0.3, -0.25) is 19.8 Å². The van der Waals surface area contributed by atoms with Crippen molar-refractivity contribution in [2.75, 3.05) is 19.6 Å². The van der Waals surface area contributed by atoms with Crippen molar-refractivity contribution in [2.45, 2.75) is 45.1 Å². The maximum atomic E-state index is 11.7. The van der Waals surface area contributed by atoms with E-state index in [2.05, 4.69) is 10.6 Å². The highest BCUT2D eigenvalue weighted by Crippen LogP contribution is 2.17. The molecular weight excluding hydrogens is 262 g/mol. The fourth-order valence-corrected chi connectivity index (χ4v) is 2.26. The summed E-state index contributed by atoms with van der Waals surface area (Å²) in [5.41, 5.74) is 0. The summed E-state index contributed by atoms with van der Waals surface area (Å²) in [5.74, 6) is -1.31. The molecule has 0 aromatic heterocycles. The van der Waals surface area contributed by atoms with Crippen molar-refractivity contribution >= 4 is 17.9 Å². The number of aliphatic carboxylic acids is 1. The van der Waals surface area contributed by atoms with Gasteiger partial charge in [-0.1, -0.05) is 19.8 Å². The van der Waals surface area contributed by atoms with Crippen LogP contribution in [-0.4, -0.2) is 53.6 Å². The SMILES string of the molecule is CCN(CCC(=O)O)CC(=O)NC(=O)NC1CCCC1. The highest BCUT2D eigenvalue weighted by molar-refractivity contribution is 5.95. The largest absolute Gasteiger partial charge is 0.481 e. The minimum Gasteiger partial charge on any atom is -0.481 e. The Balaban J connectivity index is 2.25. The van der Waals surface area contributed by atoms with E-state index in [1.165, 1.54) is 0 Å². The van der Waals surface area contributed by atoms with Crippen LogP contribution in [0.3, 0.4) is 0 Å². The number of carboxylic acids is 1. The third kappa shape index (κ3) is 6.51. The van der Waals surface area contributed by atoms with Gasteiger partial charge in [-0.2, -0.15) is 0 Å². The molecule has 0 saturated heterocycles. The van der Waals surface area contributed by atoms with Crippen LogP contribution in [0.2, 0.25) is 0 Å². The summed E-state index contributed by atoms with van der Waals surface area (Å²) in [4.78, 5) is 35.4. The quantitative estimate of drug-likeness (QED) is 0.634. The number of nitrogens with one attached hydrogen (secondary N) is 2. The fourth-order valence-electron chi connectivity index (χ4n) is 2.26. The third-order valence-electron chi connectivity index (χ3n) is 3.40. The molecule has 20 heavy (non-hydrogen) atoms. The summed E-state index contributed by atoms with van der Waals surface area (Å²) >= 11 is 0. The van der Waals surface area contributed by atoms with Gasteiger partial charge in [0.05, 0.1) is 13.0 Å². The summed E-state index contributed by atoms with van der Waals surface area (Å²) in [5, 5.41) is 13.7. The molecule has 0 unspecified atom stereocenters. The minimum absolute atomic E-state index is 0.0185. The van der Waals surface area contributed by atoms with Crippen LogP contribution in [0.15, 0.2) is 0 Å². The summed E-state index contributed by atoms with van der Waals surface area (Å²) in [6.07, 6.45) is 4.12. The van der Waals surface area contributed by atoms with Gasteiger partial charge in [0.25, 0.3) is 0 Å². The minimum atomic E-state index is -0.900. The van der Waals surface area contributed by atoms with Crippen LogP contribution in [0.25, 0.3) is 0 Å². The number of nitrogens with zero attached hydrogens (tertiary/aromatic N) is 1. The van der Waals surface area contributed by atoms with E-state index >= 15 is 0 Å². The molecule has 1 fully saturated rings. The molecule has 0 aromatic rings. The van der Waals surface area contributed by atoms with E-state index in [0.29, 0.717) is 13.1 Å². The molecule has 0 spiro atoms. The Morgan fingerprint density at radius 2 is 1.90 bits per heavy atom. The molecule has 0 bridgehead atoms. The molecule has 7 heteroatoms. The van der Waals surface area contributed by atoms with Crippen LogP contribution >= 0.6 is 0 Å². The van der Waals surface area contributed by atoms with Crippen LogP contribution in [-0.2, 0) is 9.59 Å². The maximum absolute atomic E-state index is 11.7. The number of carbonyl (C=O) groups is 3. The first-order chi connectivity index (χ1) is 9.51. The third-order valence-corrected chi connectivity index (χ3v) is 3.40. The van der Waals surface area contributed by atoms with Gasteiger partial charge in [0.2, 0.25) is 5.91 Å². The van der Waals surface area contributed by atoms with Crippen molar-refractivity contribution in [3.8, 4) is 0 Å². The fraction of sp³-hybridized carbons (Fsp3) is 0.769. The normalized spacial score (nSPS) is 15.3. The number of likely N-dealkylation sites (N-methyl/N-ethyl adjacent to an activating group) is 1. The predicted molar refractivity (Wildman–Crippen MR) is 73.3 cm³/mol. The Hall–Kier alpha value is -1.63. The summed E-state index contributed by atoms with van der Waals surface area (Å²) < 4.78 is 0. The van der Waals surface area contributed by atoms with Crippen LogP contribution in [0, 0.1) is 0 Å². The van der Waals surface area contributed by atoms with E-state index in [9.17, 15) is 14.4 Å². The van der Waals surface area contributed by atoms with Crippen LogP contribution in [0.5, 0.6) is 0 Å². The van der Waals surface area contributed by atoms with E-state index < -0.39 is 17.9 Å². The first-order valence-electron chi connectivity index (χ1n) is 7.05. The number of hydrogen-bond donors (Lipinski definition) is 3. The number of hydrogen-bond acceptors (Lipinski definition) is 4. The van der Waals surface area contributed by atoms with Crippen molar-refractivity contribution in [1.82, 2.24) is 15.5 Å². The Bertz CT molecular complexity index is 354. The van der Waals surface area contributed by atoms with Crippen molar-refractivity contribution in [2.24, 2.45) is 0 Å². The second kappa shape index (κ2) is 8.52. The molecular formula is C13H23N3O4. The molecule has 114 valence electrons. The highest BCUT2D eigenvalue weighted by atomic mass is 16.4. The number of rotatable bonds is 7. The lowest BCUT2D eigenvalue weighted by Gasteiger charge is -2.19. The summed E-state index contributed by atoms with van der Waals surface area (Å²) in [6, 6.07) is -0.298. The lowest BCUT2D eigenvalue weighted by atomic mass is 10.2. The van der Waals surface area contributed by atoms with E-state index in [0.717, 1.165) is 25.7 Å². The molecule has 0 atom stereocenters. The lowest BCUT2D eigenvalue weighted by molar-refractivity contribution is -0.137. The first kappa shape index (κ1) is 16.4. The average molecular weight is 285 g/mol. The molecule has 3 amide bonds. The van der Waals surface area contributed by atoms with Gasteiger partial charge in [-0.25, -0.2) is 4.79 Å². The van der Waals surface area contributed by atoms with Gasteiger partial charge in [0, 0.05) is 12.6 Å². The molecule has 3 N–H and O–H groups in total. The van der Waals surface area contributed by atoms with Crippen molar-refractivity contribution in [3.63, 3.8) is 0 Å². The molecule has 1 saturated carbocycles. The molecule has 7 nitrogen and oxygen atoms in total. The Kier molecular flexibility index (Phi) is 7.00. The summed E-state index contributed by atoms with van der Waals surface area (Å²) in [6.45, 7) is 2.73. The van der Waals surface area contributed by atoms with Gasteiger partial charge in [0.1, 0.15) is 0 Å². The van der Waals surface area contributed by atoms with Crippen molar-refractivity contribution in [3.05, 3.63) is 0 Å². The van der Waals surface area contributed by atoms with Gasteiger partial charge in [0.15, 0.2) is 0 Å². The van der Waals surface area contributed by atoms with E-state index in [-0.39, 0.29) is 19.0 Å². The Morgan fingerprint density at radius 1 is 1.25 bits per heavy atom. The van der Waals surface area contributed by atoms with Gasteiger partial charge in [-0.15, -0.1) is 0 Å². The molecule has 1 aliphatic carbocycles.